The standard InChI is InChI=1S/C14H10N4O4/c19-7-15-5-13(17-9-21)11-1-2-12(4-3-11)14(18-10-22)6-16-8-20/h1-4,13-14H,5-6H2. The molecule has 1 aromatic carbocycles. The molecule has 2 atom stereocenters. The molecule has 0 radical (unpaired) electrons. The third-order valence-corrected chi connectivity index (χ3v) is 2.78. The molecule has 110 valence electrons. The molecule has 22 heavy (non-hydrogen) atoms. The lowest BCUT2D eigenvalue weighted by Crippen LogP contribution is -2.03. The topological polar surface area (TPSA) is 118 Å². The van der Waals surface area contributed by atoms with Gasteiger partial charge in [0.1, 0.15) is 12.1 Å². The molecule has 0 N–H and O–H groups in total. The van der Waals surface area contributed by atoms with Crippen LogP contribution in [0.15, 0.2) is 44.2 Å². The highest BCUT2D eigenvalue weighted by Gasteiger charge is 2.13. The van der Waals surface area contributed by atoms with Gasteiger partial charge in [-0.1, -0.05) is 24.3 Å². The van der Waals surface area contributed by atoms with E-state index in [0.717, 1.165) is 0 Å². The summed E-state index contributed by atoms with van der Waals surface area (Å²) in [5, 5.41) is 0. The third kappa shape index (κ3) is 5.02. The summed E-state index contributed by atoms with van der Waals surface area (Å²) in [7, 11) is 0. The first kappa shape index (κ1) is 16.8. The monoisotopic (exact) mass is 298 g/mol. The van der Waals surface area contributed by atoms with Gasteiger partial charge < -0.3 is 0 Å². The summed E-state index contributed by atoms with van der Waals surface area (Å²) in [5.41, 5.74) is 1.25. The molecule has 1 aromatic rings. The van der Waals surface area contributed by atoms with Crippen LogP contribution in [-0.2, 0) is 19.2 Å². The first-order chi connectivity index (χ1) is 10.8. The van der Waals surface area contributed by atoms with E-state index in [4.69, 9.17) is 0 Å². The number of hydrogen-bond donors (Lipinski definition) is 0. The van der Waals surface area contributed by atoms with Gasteiger partial charge in [-0.15, -0.1) is 0 Å². The van der Waals surface area contributed by atoms with Crippen molar-refractivity contribution in [2.75, 3.05) is 13.1 Å². The van der Waals surface area contributed by atoms with Gasteiger partial charge in [0.2, 0.25) is 24.3 Å². The molecule has 8 heteroatoms. The third-order valence-electron chi connectivity index (χ3n) is 2.78. The minimum atomic E-state index is -0.644. The van der Waals surface area contributed by atoms with Crippen molar-refractivity contribution in [3.63, 3.8) is 0 Å². The number of aliphatic imine (C=N–C) groups is 4. The van der Waals surface area contributed by atoms with Crippen LogP contribution in [0.5, 0.6) is 0 Å². The van der Waals surface area contributed by atoms with E-state index in [1.54, 1.807) is 24.3 Å². The fourth-order valence-corrected chi connectivity index (χ4v) is 1.76. The SMILES string of the molecule is O=C=NCC(N=C=O)c1ccc(C(CN=C=O)N=C=O)cc1. The van der Waals surface area contributed by atoms with Crippen molar-refractivity contribution in [2.24, 2.45) is 20.0 Å². The second-order valence-electron chi connectivity index (χ2n) is 4.00. The van der Waals surface area contributed by atoms with Crippen molar-refractivity contribution in [1.29, 1.82) is 0 Å². The zero-order valence-corrected chi connectivity index (χ0v) is 11.3. The molecule has 8 nitrogen and oxygen atoms in total. The summed E-state index contributed by atoms with van der Waals surface area (Å²) in [6.07, 6.45) is 5.58. The van der Waals surface area contributed by atoms with E-state index in [-0.39, 0.29) is 13.1 Å². The molecular formula is C14H10N4O4. The van der Waals surface area contributed by atoms with E-state index in [9.17, 15) is 19.2 Å². The number of benzene rings is 1. The fraction of sp³-hybridized carbons (Fsp3) is 0.286. The summed E-state index contributed by atoms with van der Waals surface area (Å²) >= 11 is 0. The van der Waals surface area contributed by atoms with Crippen LogP contribution in [0.1, 0.15) is 23.2 Å². The van der Waals surface area contributed by atoms with E-state index in [1.165, 1.54) is 24.3 Å². The van der Waals surface area contributed by atoms with Gasteiger partial charge in [-0.3, -0.25) is 0 Å². The molecule has 1 rings (SSSR count). The number of isocyanates is 4. The number of carbonyl (C=O) groups excluding carboxylic acids is 4. The first-order valence-corrected chi connectivity index (χ1v) is 6.07. The van der Waals surface area contributed by atoms with Crippen LogP contribution < -0.4 is 0 Å². The Morgan fingerprint density at radius 2 is 1.05 bits per heavy atom. The molecule has 0 aromatic heterocycles. The summed E-state index contributed by atoms with van der Waals surface area (Å²) < 4.78 is 0. The summed E-state index contributed by atoms with van der Waals surface area (Å²) in [6, 6.07) is 5.26. The highest BCUT2D eigenvalue weighted by atomic mass is 16.1. The highest BCUT2D eigenvalue weighted by molar-refractivity contribution is 5.39. The quantitative estimate of drug-likeness (QED) is 0.527. The smallest absolute Gasteiger partial charge is 0.211 e. The predicted molar refractivity (Wildman–Crippen MR) is 74.1 cm³/mol. The zero-order valence-electron chi connectivity index (χ0n) is 11.3. The predicted octanol–water partition coefficient (Wildman–Crippen LogP) is 1.11. The molecule has 2 unspecified atom stereocenters. The molecule has 0 heterocycles. The van der Waals surface area contributed by atoms with Crippen molar-refractivity contribution >= 4 is 24.3 Å². The second kappa shape index (κ2) is 9.61. The Bertz CT molecular complexity index is 629. The fourth-order valence-electron chi connectivity index (χ4n) is 1.76. The summed E-state index contributed by atoms with van der Waals surface area (Å²) in [4.78, 5) is 55.0. The van der Waals surface area contributed by atoms with Gasteiger partial charge in [0.15, 0.2) is 0 Å². The van der Waals surface area contributed by atoms with E-state index >= 15 is 0 Å². The summed E-state index contributed by atoms with van der Waals surface area (Å²) in [5.74, 6) is 0. The Morgan fingerprint density at radius 1 is 0.682 bits per heavy atom. The molecule has 0 spiro atoms. The van der Waals surface area contributed by atoms with E-state index < -0.39 is 12.1 Å². The Morgan fingerprint density at radius 3 is 1.32 bits per heavy atom. The summed E-state index contributed by atoms with van der Waals surface area (Å²) in [6.45, 7) is -0.0487. The Hall–Kier alpha value is -3.26. The average Bonchev–Trinajstić information content (AvgIpc) is 2.55. The number of hydrogen-bond acceptors (Lipinski definition) is 8. The van der Waals surface area contributed by atoms with Gasteiger partial charge in [0.25, 0.3) is 0 Å². The Balaban J connectivity index is 3.04. The average molecular weight is 298 g/mol. The highest BCUT2D eigenvalue weighted by Crippen LogP contribution is 2.22. The van der Waals surface area contributed by atoms with Crippen LogP contribution in [0.4, 0.5) is 0 Å². The Kier molecular flexibility index (Phi) is 7.34. The maximum atomic E-state index is 10.4. The van der Waals surface area contributed by atoms with Crippen molar-refractivity contribution in [3.05, 3.63) is 35.4 Å². The van der Waals surface area contributed by atoms with E-state index in [2.05, 4.69) is 20.0 Å². The molecule has 0 bridgehead atoms. The molecule has 0 aliphatic heterocycles. The molecule has 0 amide bonds. The lowest BCUT2D eigenvalue weighted by molar-refractivity contribution is 0.552. The van der Waals surface area contributed by atoms with Gasteiger partial charge in [-0.2, -0.15) is 9.98 Å². The van der Waals surface area contributed by atoms with E-state index in [1.807, 2.05) is 0 Å². The van der Waals surface area contributed by atoms with Crippen LogP contribution in [0.2, 0.25) is 0 Å². The normalized spacial score (nSPS) is 11.6. The molecule has 0 aliphatic rings. The van der Waals surface area contributed by atoms with Gasteiger partial charge in [-0.25, -0.2) is 29.2 Å². The van der Waals surface area contributed by atoms with Crippen LogP contribution >= 0.6 is 0 Å². The zero-order chi connectivity index (χ0) is 16.2. The molecule has 0 saturated carbocycles. The number of nitrogens with zero attached hydrogens (tertiary/aromatic N) is 4. The van der Waals surface area contributed by atoms with E-state index in [0.29, 0.717) is 11.1 Å². The molecule has 0 fully saturated rings. The minimum absolute atomic E-state index is 0.0244. The first-order valence-electron chi connectivity index (χ1n) is 6.07. The van der Waals surface area contributed by atoms with Crippen molar-refractivity contribution in [3.8, 4) is 0 Å². The van der Waals surface area contributed by atoms with Crippen LogP contribution in [-0.4, -0.2) is 37.4 Å². The largest absolute Gasteiger partial charge is 0.235 e. The van der Waals surface area contributed by atoms with Gasteiger partial charge >= 0.3 is 0 Å². The molecular weight excluding hydrogens is 288 g/mol. The van der Waals surface area contributed by atoms with Crippen molar-refractivity contribution in [1.82, 2.24) is 0 Å². The van der Waals surface area contributed by atoms with Gasteiger partial charge in [0.05, 0.1) is 13.1 Å². The maximum absolute atomic E-state index is 10.4. The minimum Gasteiger partial charge on any atom is -0.211 e. The molecule has 0 saturated heterocycles. The van der Waals surface area contributed by atoms with Gasteiger partial charge in [0, 0.05) is 0 Å². The van der Waals surface area contributed by atoms with Gasteiger partial charge in [-0.05, 0) is 11.1 Å². The van der Waals surface area contributed by atoms with Crippen LogP contribution in [0.25, 0.3) is 0 Å². The lowest BCUT2D eigenvalue weighted by atomic mass is 10.0. The van der Waals surface area contributed by atoms with Crippen LogP contribution in [0.3, 0.4) is 0 Å². The second-order valence-corrected chi connectivity index (χ2v) is 4.00. The Labute approximate surface area is 125 Å². The lowest BCUT2D eigenvalue weighted by Gasteiger charge is -2.11. The number of rotatable bonds is 8. The van der Waals surface area contributed by atoms with Crippen LogP contribution in [0, 0.1) is 0 Å². The van der Waals surface area contributed by atoms with Crippen molar-refractivity contribution < 1.29 is 19.2 Å². The van der Waals surface area contributed by atoms with Crippen molar-refractivity contribution in [2.45, 2.75) is 12.1 Å². The maximum Gasteiger partial charge on any atom is 0.235 e. The molecule has 0 aliphatic carbocycles.